The predicted molar refractivity (Wildman–Crippen MR) is 85.3 cm³/mol. The van der Waals surface area contributed by atoms with E-state index in [2.05, 4.69) is 20.3 Å². The molecule has 0 bridgehead atoms. The van der Waals surface area contributed by atoms with Crippen LogP contribution in [-0.4, -0.2) is 50.3 Å². The second-order valence-corrected chi connectivity index (χ2v) is 6.20. The van der Waals surface area contributed by atoms with Crippen LogP contribution in [0.25, 0.3) is 0 Å². The number of nitrogens with zero attached hydrogens (tertiary/aromatic N) is 4. The number of carbonyl (C=O) groups excluding carboxylic acids is 1. The summed E-state index contributed by atoms with van der Waals surface area (Å²) in [4.78, 5) is 18.6. The van der Waals surface area contributed by atoms with Crippen LogP contribution in [0, 0.1) is 13.8 Å². The maximum absolute atomic E-state index is 12.6. The lowest BCUT2D eigenvalue weighted by molar-refractivity contribution is -0.147. The summed E-state index contributed by atoms with van der Waals surface area (Å²) in [6.45, 7) is 9.22. The number of aromatic amines is 1. The minimum Gasteiger partial charge on any atom is -0.365 e. The molecule has 2 aromatic rings. The molecule has 8 heteroatoms. The molecule has 8 nitrogen and oxygen atoms in total. The third kappa shape index (κ3) is 3.19. The monoisotopic (exact) mass is 333 g/mol. The van der Waals surface area contributed by atoms with E-state index in [-0.39, 0.29) is 24.5 Å². The summed E-state index contributed by atoms with van der Waals surface area (Å²) >= 11 is 0. The number of carbonyl (C=O) groups is 1. The lowest BCUT2D eigenvalue weighted by Crippen LogP contribution is -2.55. The molecule has 0 spiro atoms. The van der Waals surface area contributed by atoms with E-state index in [0.717, 1.165) is 23.4 Å². The molecule has 3 rings (SSSR count). The van der Waals surface area contributed by atoms with Crippen molar-refractivity contribution < 1.29 is 14.1 Å². The van der Waals surface area contributed by atoms with Gasteiger partial charge < -0.3 is 14.2 Å². The zero-order valence-electron chi connectivity index (χ0n) is 14.5. The van der Waals surface area contributed by atoms with Crippen LogP contribution in [0.4, 0.5) is 0 Å². The third-order valence-electron chi connectivity index (χ3n) is 4.42. The highest BCUT2D eigenvalue weighted by Gasteiger charge is 2.35. The van der Waals surface area contributed by atoms with E-state index in [1.165, 1.54) is 0 Å². The van der Waals surface area contributed by atoms with Crippen LogP contribution >= 0.6 is 0 Å². The van der Waals surface area contributed by atoms with E-state index in [4.69, 9.17) is 9.26 Å². The van der Waals surface area contributed by atoms with E-state index in [9.17, 15) is 4.79 Å². The number of hydrogen-bond donors (Lipinski definition) is 1. The van der Waals surface area contributed by atoms with Gasteiger partial charge in [0.2, 0.25) is 5.91 Å². The van der Waals surface area contributed by atoms with Crippen LogP contribution in [0.15, 0.2) is 4.52 Å². The Hall–Kier alpha value is -2.22. The Labute approximate surface area is 140 Å². The lowest BCUT2D eigenvalue weighted by Gasteiger charge is -2.40. The third-order valence-corrected chi connectivity index (χ3v) is 4.42. The van der Waals surface area contributed by atoms with Gasteiger partial charge in [0.15, 0.2) is 5.82 Å². The van der Waals surface area contributed by atoms with Gasteiger partial charge in [0, 0.05) is 30.8 Å². The average molecular weight is 333 g/mol. The molecule has 3 heterocycles. The van der Waals surface area contributed by atoms with Gasteiger partial charge in [-0.1, -0.05) is 12.1 Å². The van der Waals surface area contributed by atoms with Gasteiger partial charge in [-0.15, -0.1) is 0 Å². The Morgan fingerprint density at radius 3 is 2.79 bits per heavy atom. The summed E-state index contributed by atoms with van der Waals surface area (Å²) in [5.41, 5.74) is 2.82. The van der Waals surface area contributed by atoms with Gasteiger partial charge in [-0.25, -0.2) is 0 Å². The van der Waals surface area contributed by atoms with Gasteiger partial charge in [0.05, 0.1) is 17.7 Å². The zero-order valence-corrected chi connectivity index (χ0v) is 14.5. The van der Waals surface area contributed by atoms with Crippen molar-refractivity contribution in [1.82, 2.24) is 25.2 Å². The highest BCUT2D eigenvalue weighted by Crippen LogP contribution is 2.26. The molecule has 1 fully saturated rings. The van der Waals surface area contributed by atoms with Crippen LogP contribution in [-0.2, 0) is 22.6 Å². The van der Waals surface area contributed by atoms with Crippen LogP contribution < -0.4 is 0 Å². The maximum atomic E-state index is 12.6. The summed E-state index contributed by atoms with van der Waals surface area (Å²) < 4.78 is 10.8. The standard InChI is InChI=1S/C16H23N5O3/c1-5-13-17-14(24-20-13)8-23-12-6-21(7-12)16(22)9(2)15-10(3)18-19-11(15)4/h9,12H,5-8H2,1-4H3,(H,18,19). The summed E-state index contributed by atoms with van der Waals surface area (Å²) in [5.74, 6) is 1.06. The van der Waals surface area contributed by atoms with Gasteiger partial charge in [-0.3, -0.25) is 9.89 Å². The first-order chi connectivity index (χ1) is 11.5. The molecule has 1 saturated heterocycles. The van der Waals surface area contributed by atoms with Crippen molar-refractivity contribution in [2.45, 2.75) is 52.7 Å². The lowest BCUT2D eigenvalue weighted by atomic mass is 9.96. The van der Waals surface area contributed by atoms with Crippen LogP contribution in [0.3, 0.4) is 0 Å². The molecule has 1 aliphatic heterocycles. The smallest absolute Gasteiger partial charge is 0.252 e. The van der Waals surface area contributed by atoms with Crippen LogP contribution in [0.2, 0.25) is 0 Å². The normalized spacial score (nSPS) is 16.2. The highest BCUT2D eigenvalue weighted by molar-refractivity contribution is 5.84. The Kier molecular flexibility index (Phi) is 4.66. The van der Waals surface area contributed by atoms with Crippen molar-refractivity contribution in [2.75, 3.05) is 13.1 Å². The van der Waals surface area contributed by atoms with E-state index >= 15 is 0 Å². The number of aryl methyl sites for hydroxylation is 3. The van der Waals surface area contributed by atoms with Crippen molar-refractivity contribution in [3.05, 3.63) is 28.7 Å². The minimum atomic E-state index is -0.201. The topological polar surface area (TPSA) is 97.1 Å². The molecule has 0 aromatic carbocycles. The van der Waals surface area contributed by atoms with Crippen molar-refractivity contribution in [2.24, 2.45) is 0 Å². The molecule has 1 unspecified atom stereocenters. The second kappa shape index (κ2) is 6.72. The van der Waals surface area contributed by atoms with Crippen LogP contribution in [0.1, 0.15) is 48.4 Å². The van der Waals surface area contributed by atoms with Crippen molar-refractivity contribution in [1.29, 1.82) is 0 Å². The number of aromatic nitrogens is 4. The van der Waals surface area contributed by atoms with Gasteiger partial charge in [0.25, 0.3) is 5.89 Å². The molecule has 1 aliphatic rings. The molecule has 1 N–H and O–H groups in total. The number of nitrogens with one attached hydrogen (secondary N) is 1. The molecule has 130 valence electrons. The Balaban J connectivity index is 1.48. The van der Waals surface area contributed by atoms with E-state index in [1.54, 1.807) is 0 Å². The molecule has 0 radical (unpaired) electrons. The number of hydrogen-bond acceptors (Lipinski definition) is 6. The Morgan fingerprint density at radius 2 is 2.21 bits per heavy atom. The summed E-state index contributed by atoms with van der Waals surface area (Å²) in [6.07, 6.45) is 0.754. The molecule has 2 aromatic heterocycles. The Morgan fingerprint density at radius 1 is 1.46 bits per heavy atom. The van der Waals surface area contributed by atoms with E-state index in [1.807, 2.05) is 32.6 Å². The molecular weight excluding hydrogens is 310 g/mol. The van der Waals surface area contributed by atoms with Gasteiger partial charge in [0.1, 0.15) is 6.61 Å². The zero-order chi connectivity index (χ0) is 17.3. The largest absolute Gasteiger partial charge is 0.365 e. The molecule has 0 saturated carbocycles. The van der Waals surface area contributed by atoms with E-state index < -0.39 is 0 Å². The predicted octanol–water partition coefficient (Wildman–Crippen LogP) is 1.50. The average Bonchev–Trinajstić information content (AvgIpc) is 3.11. The summed E-state index contributed by atoms with van der Waals surface area (Å²) in [6, 6.07) is 0. The number of ether oxygens (including phenoxy) is 1. The Bertz CT molecular complexity index is 698. The first kappa shape index (κ1) is 16.6. The summed E-state index contributed by atoms with van der Waals surface area (Å²) in [7, 11) is 0. The molecule has 1 atom stereocenters. The number of H-pyrrole nitrogens is 1. The second-order valence-electron chi connectivity index (χ2n) is 6.20. The fourth-order valence-electron chi connectivity index (χ4n) is 3.00. The molecule has 0 aliphatic carbocycles. The minimum absolute atomic E-state index is 0.0182. The highest BCUT2D eigenvalue weighted by atomic mass is 16.5. The number of rotatable bonds is 6. The summed E-state index contributed by atoms with van der Waals surface area (Å²) in [5, 5.41) is 10.9. The van der Waals surface area contributed by atoms with Crippen molar-refractivity contribution >= 4 is 5.91 Å². The first-order valence-corrected chi connectivity index (χ1v) is 8.22. The fraction of sp³-hybridized carbons (Fsp3) is 0.625. The maximum Gasteiger partial charge on any atom is 0.252 e. The van der Waals surface area contributed by atoms with Gasteiger partial charge >= 0.3 is 0 Å². The number of likely N-dealkylation sites (tertiary alicyclic amines) is 1. The first-order valence-electron chi connectivity index (χ1n) is 8.22. The van der Waals surface area contributed by atoms with Crippen molar-refractivity contribution in [3.63, 3.8) is 0 Å². The molecular formula is C16H23N5O3. The van der Waals surface area contributed by atoms with Gasteiger partial charge in [-0.05, 0) is 20.8 Å². The van der Waals surface area contributed by atoms with Crippen molar-refractivity contribution in [3.8, 4) is 0 Å². The fourth-order valence-corrected chi connectivity index (χ4v) is 3.00. The van der Waals surface area contributed by atoms with Crippen LogP contribution in [0.5, 0.6) is 0 Å². The quantitative estimate of drug-likeness (QED) is 0.860. The molecule has 24 heavy (non-hydrogen) atoms. The number of amides is 1. The van der Waals surface area contributed by atoms with Gasteiger partial charge in [-0.2, -0.15) is 10.1 Å². The van der Waals surface area contributed by atoms with E-state index in [0.29, 0.717) is 24.8 Å². The molecule has 1 amide bonds. The SMILES string of the molecule is CCc1noc(COC2CN(C(=O)C(C)c3c(C)n[nH]c3C)C2)n1.